The zero-order valence-electron chi connectivity index (χ0n) is 10.5. The first-order valence-electron chi connectivity index (χ1n) is 6.03. The van der Waals surface area contributed by atoms with Crippen molar-refractivity contribution in [1.29, 1.82) is 0 Å². The molecule has 5 nitrogen and oxygen atoms in total. The van der Waals surface area contributed by atoms with E-state index in [0.29, 0.717) is 32.2 Å². The minimum atomic E-state index is -2.92. The van der Waals surface area contributed by atoms with E-state index in [1.165, 1.54) is 6.26 Å². The number of carbonyl (C=O) groups is 1. The Bertz CT molecular complexity index is 315. The van der Waals surface area contributed by atoms with Gasteiger partial charge >= 0.3 is 0 Å². The summed E-state index contributed by atoms with van der Waals surface area (Å²) < 4.78 is 21.7. The molecular weight excluding hydrogens is 240 g/mol. The molecule has 0 fully saturated rings. The molecule has 0 aliphatic carbocycles. The fourth-order valence-electron chi connectivity index (χ4n) is 1.52. The predicted octanol–water partition coefficient (Wildman–Crippen LogP) is 0.227. The molecule has 0 radical (unpaired) electrons. The van der Waals surface area contributed by atoms with Crippen LogP contribution in [0.25, 0.3) is 0 Å². The van der Waals surface area contributed by atoms with Crippen LogP contribution < -0.4 is 11.5 Å². The molecule has 102 valence electrons. The Hall–Kier alpha value is -0.460. The lowest BCUT2D eigenvalue weighted by Gasteiger charge is -2.09. The molecule has 0 aliphatic heterocycles. The van der Waals surface area contributed by atoms with Crippen LogP contribution in [0.2, 0.25) is 0 Å². The van der Waals surface area contributed by atoms with Crippen molar-refractivity contribution in [3.8, 4) is 0 Å². The van der Waals surface area contributed by atoms with Gasteiger partial charge in [0.1, 0.15) is 15.6 Å². The van der Waals surface area contributed by atoms with Gasteiger partial charge in [-0.05, 0) is 32.2 Å². The van der Waals surface area contributed by atoms with Crippen molar-refractivity contribution in [3.63, 3.8) is 0 Å². The van der Waals surface area contributed by atoms with Crippen molar-refractivity contribution in [1.82, 2.24) is 0 Å². The van der Waals surface area contributed by atoms with Crippen LogP contribution in [0.15, 0.2) is 0 Å². The lowest BCUT2D eigenvalue weighted by Crippen LogP contribution is -2.30. The second kappa shape index (κ2) is 8.60. The molecule has 0 rings (SSSR count). The Labute approximate surface area is 104 Å². The van der Waals surface area contributed by atoms with Gasteiger partial charge in [0.15, 0.2) is 0 Å². The molecule has 0 bridgehead atoms. The molecular formula is C11H24N2O3S. The maximum absolute atomic E-state index is 11.6. The lowest BCUT2D eigenvalue weighted by atomic mass is 10.0. The average Bonchev–Trinajstić information content (AvgIpc) is 2.23. The normalized spacial score (nSPS) is 13.6. The van der Waals surface area contributed by atoms with E-state index in [2.05, 4.69) is 0 Å². The van der Waals surface area contributed by atoms with Crippen molar-refractivity contribution in [2.24, 2.45) is 11.5 Å². The smallest absolute Gasteiger partial charge is 0.149 e. The lowest BCUT2D eigenvalue weighted by molar-refractivity contribution is -0.120. The van der Waals surface area contributed by atoms with Crippen molar-refractivity contribution in [3.05, 3.63) is 0 Å². The van der Waals surface area contributed by atoms with Crippen molar-refractivity contribution < 1.29 is 13.2 Å². The van der Waals surface area contributed by atoms with Gasteiger partial charge in [-0.3, -0.25) is 4.79 Å². The summed E-state index contributed by atoms with van der Waals surface area (Å²) in [6, 6.07) is -0.417. The Morgan fingerprint density at radius 2 is 1.82 bits per heavy atom. The molecule has 1 atom stereocenters. The SMILES string of the molecule is CS(=O)(=O)CCCCC(=O)[C@@H](N)CCCCN. The standard InChI is InChI=1S/C11H24N2O3S/c1-17(15,16)9-5-3-7-11(14)10(13)6-2-4-8-12/h10H,2-9,12-13H2,1H3/t10-/m0/s1. The van der Waals surface area contributed by atoms with E-state index in [-0.39, 0.29) is 11.5 Å². The van der Waals surface area contributed by atoms with Gasteiger partial charge in [-0.25, -0.2) is 8.42 Å². The Morgan fingerprint density at radius 3 is 2.35 bits per heavy atom. The number of ketones is 1. The van der Waals surface area contributed by atoms with Gasteiger partial charge in [-0.2, -0.15) is 0 Å². The van der Waals surface area contributed by atoms with E-state index >= 15 is 0 Å². The highest BCUT2D eigenvalue weighted by atomic mass is 32.2. The third-order valence-corrected chi connectivity index (χ3v) is 3.60. The van der Waals surface area contributed by atoms with Gasteiger partial charge in [-0.1, -0.05) is 6.42 Å². The Balaban J connectivity index is 3.64. The monoisotopic (exact) mass is 264 g/mol. The summed E-state index contributed by atoms with van der Waals surface area (Å²) in [6.45, 7) is 0.620. The highest BCUT2D eigenvalue weighted by molar-refractivity contribution is 7.90. The van der Waals surface area contributed by atoms with E-state index < -0.39 is 15.9 Å². The molecule has 0 aliphatic rings. The molecule has 0 aromatic rings. The van der Waals surface area contributed by atoms with Crippen LogP contribution in [0.1, 0.15) is 38.5 Å². The van der Waals surface area contributed by atoms with E-state index in [0.717, 1.165) is 12.8 Å². The minimum absolute atomic E-state index is 0.0236. The first-order valence-corrected chi connectivity index (χ1v) is 8.09. The highest BCUT2D eigenvalue weighted by Crippen LogP contribution is 2.05. The highest BCUT2D eigenvalue weighted by Gasteiger charge is 2.12. The molecule has 4 N–H and O–H groups in total. The number of carbonyl (C=O) groups excluding carboxylic acids is 1. The molecule has 6 heteroatoms. The summed E-state index contributed by atoms with van der Waals surface area (Å²) in [5, 5.41) is 0. The molecule has 0 heterocycles. The molecule has 0 saturated heterocycles. The first-order chi connectivity index (χ1) is 7.87. The van der Waals surface area contributed by atoms with Crippen molar-refractivity contribution >= 4 is 15.6 Å². The van der Waals surface area contributed by atoms with Crippen molar-refractivity contribution in [2.45, 2.75) is 44.6 Å². The second-order valence-electron chi connectivity index (χ2n) is 4.44. The van der Waals surface area contributed by atoms with Gasteiger partial charge in [0, 0.05) is 18.4 Å². The average molecular weight is 264 g/mol. The number of Topliss-reactive ketones (excluding diaryl/α,β-unsaturated/α-hetero) is 1. The molecule has 0 unspecified atom stereocenters. The Morgan fingerprint density at radius 1 is 1.18 bits per heavy atom. The second-order valence-corrected chi connectivity index (χ2v) is 6.70. The minimum Gasteiger partial charge on any atom is -0.330 e. The van der Waals surface area contributed by atoms with E-state index in [1.807, 2.05) is 0 Å². The first kappa shape index (κ1) is 16.5. The van der Waals surface area contributed by atoms with Gasteiger partial charge in [0.2, 0.25) is 0 Å². The van der Waals surface area contributed by atoms with Crippen LogP contribution in [-0.2, 0) is 14.6 Å². The molecule has 0 amide bonds. The number of unbranched alkanes of at least 4 members (excludes halogenated alkanes) is 2. The molecule has 0 aromatic heterocycles. The molecule has 0 aromatic carbocycles. The van der Waals surface area contributed by atoms with Crippen LogP contribution in [0.3, 0.4) is 0 Å². The summed E-state index contributed by atoms with van der Waals surface area (Å²) in [6.07, 6.45) is 5.12. The van der Waals surface area contributed by atoms with Crippen LogP contribution in [0.5, 0.6) is 0 Å². The third-order valence-electron chi connectivity index (χ3n) is 2.57. The number of nitrogens with two attached hydrogens (primary N) is 2. The van der Waals surface area contributed by atoms with E-state index in [4.69, 9.17) is 11.5 Å². The van der Waals surface area contributed by atoms with Crippen LogP contribution in [-0.4, -0.2) is 38.8 Å². The Kier molecular flexibility index (Phi) is 8.37. The van der Waals surface area contributed by atoms with Crippen LogP contribution in [0.4, 0.5) is 0 Å². The van der Waals surface area contributed by atoms with Crippen LogP contribution in [0, 0.1) is 0 Å². The third kappa shape index (κ3) is 10.4. The summed E-state index contributed by atoms with van der Waals surface area (Å²) in [4.78, 5) is 11.6. The van der Waals surface area contributed by atoms with Gasteiger partial charge < -0.3 is 11.5 Å². The topological polar surface area (TPSA) is 103 Å². The zero-order chi connectivity index (χ0) is 13.3. The number of hydrogen-bond donors (Lipinski definition) is 2. The zero-order valence-corrected chi connectivity index (χ0v) is 11.3. The van der Waals surface area contributed by atoms with Crippen molar-refractivity contribution in [2.75, 3.05) is 18.6 Å². The van der Waals surface area contributed by atoms with Gasteiger partial charge in [0.25, 0.3) is 0 Å². The van der Waals surface area contributed by atoms with Gasteiger partial charge in [-0.15, -0.1) is 0 Å². The fourth-order valence-corrected chi connectivity index (χ4v) is 2.25. The fraction of sp³-hybridized carbons (Fsp3) is 0.909. The maximum atomic E-state index is 11.6. The summed E-state index contributed by atoms with van der Waals surface area (Å²) in [5.41, 5.74) is 11.1. The quantitative estimate of drug-likeness (QED) is 0.550. The summed E-state index contributed by atoms with van der Waals surface area (Å²) in [7, 11) is -2.92. The molecule has 17 heavy (non-hydrogen) atoms. The summed E-state index contributed by atoms with van der Waals surface area (Å²) in [5.74, 6) is 0.165. The number of hydrogen-bond acceptors (Lipinski definition) is 5. The molecule has 0 spiro atoms. The van der Waals surface area contributed by atoms with Crippen LogP contribution >= 0.6 is 0 Å². The maximum Gasteiger partial charge on any atom is 0.149 e. The van der Waals surface area contributed by atoms with E-state index in [1.54, 1.807) is 0 Å². The largest absolute Gasteiger partial charge is 0.330 e. The van der Waals surface area contributed by atoms with E-state index in [9.17, 15) is 13.2 Å². The number of sulfone groups is 1. The number of rotatable bonds is 10. The summed E-state index contributed by atoms with van der Waals surface area (Å²) >= 11 is 0. The van der Waals surface area contributed by atoms with Gasteiger partial charge in [0.05, 0.1) is 6.04 Å². The molecule has 0 saturated carbocycles. The predicted molar refractivity (Wildman–Crippen MR) is 69.4 cm³/mol.